The van der Waals surface area contributed by atoms with Crippen LogP contribution >= 0.6 is 11.3 Å². The molecule has 0 radical (unpaired) electrons. The molecule has 1 N–H and O–H groups in total. The first kappa shape index (κ1) is 7.95. The van der Waals surface area contributed by atoms with Crippen molar-refractivity contribution in [2.45, 2.75) is 5.92 Å². The lowest BCUT2D eigenvalue weighted by molar-refractivity contribution is -0.110. The Morgan fingerprint density at radius 3 is 3.17 bits per heavy atom. The third-order valence-electron chi connectivity index (χ3n) is 2.41. The molecular weight excluding hydrogens is 170 g/mol. The average Bonchev–Trinajstić information content (AvgIpc) is 2.74. The van der Waals surface area contributed by atoms with Crippen LogP contribution in [0.2, 0.25) is 0 Å². The number of aldehydes is 1. The minimum atomic E-state index is 0.180. The van der Waals surface area contributed by atoms with Crippen LogP contribution in [0.1, 0.15) is 11.5 Å². The highest BCUT2D eigenvalue weighted by molar-refractivity contribution is 7.07. The fourth-order valence-electron chi connectivity index (χ4n) is 1.69. The van der Waals surface area contributed by atoms with E-state index in [-0.39, 0.29) is 5.92 Å². The van der Waals surface area contributed by atoms with Gasteiger partial charge in [0.25, 0.3) is 0 Å². The van der Waals surface area contributed by atoms with Gasteiger partial charge in [0.05, 0.1) is 0 Å². The Morgan fingerprint density at radius 2 is 2.50 bits per heavy atom. The van der Waals surface area contributed by atoms with Crippen LogP contribution in [0, 0.1) is 5.92 Å². The molecule has 0 amide bonds. The number of hydrogen-bond donors (Lipinski definition) is 1. The Morgan fingerprint density at radius 1 is 1.58 bits per heavy atom. The van der Waals surface area contributed by atoms with Gasteiger partial charge in [0, 0.05) is 24.9 Å². The standard InChI is InChI=1S/C9H11NOS/c11-5-8-3-10-4-9(8)7-1-2-12-6-7/h1-2,5-6,8-10H,3-4H2. The highest BCUT2D eigenvalue weighted by atomic mass is 32.1. The summed E-state index contributed by atoms with van der Waals surface area (Å²) in [4.78, 5) is 10.7. The number of thiophene rings is 1. The first-order valence-electron chi connectivity index (χ1n) is 4.10. The van der Waals surface area contributed by atoms with Crippen molar-refractivity contribution < 1.29 is 4.79 Å². The monoisotopic (exact) mass is 181 g/mol. The highest BCUT2D eigenvalue weighted by Gasteiger charge is 2.27. The van der Waals surface area contributed by atoms with Crippen LogP contribution in [0.5, 0.6) is 0 Å². The van der Waals surface area contributed by atoms with Crippen LogP contribution in [0.15, 0.2) is 16.8 Å². The summed E-state index contributed by atoms with van der Waals surface area (Å²) in [6.45, 7) is 1.78. The second-order valence-electron chi connectivity index (χ2n) is 3.12. The summed E-state index contributed by atoms with van der Waals surface area (Å²) in [5.74, 6) is 0.591. The molecule has 12 heavy (non-hydrogen) atoms. The molecule has 0 saturated carbocycles. The van der Waals surface area contributed by atoms with Crippen molar-refractivity contribution in [1.29, 1.82) is 0 Å². The van der Waals surface area contributed by atoms with Crippen molar-refractivity contribution in [3.05, 3.63) is 22.4 Å². The molecule has 2 unspecified atom stereocenters. The minimum absolute atomic E-state index is 0.180. The fourth-order valence-corrected chi connectivity index (χ4v) is 2.42. The molecule has 1 aromatic heterocycles. The molecule has 2 nitrogen and oxygen atoms in total. The van der Waals surface area contributed by atoms with Gasteiger partial charge < -0.3 is 10.1 Å². The lowest BCUT2D eigenvalue weighted by Crippen LogP contribution is -2.11. The van der Waals surface area contributed by atoms with Gasteiger partial charge in [-0.05, 0) is 22.4 Å². The normalized spacial score (nSPS) is 29.0. The van der Waals surface area contributed by atoms with Gasteiger partial charge in [-0.3, -0.25) is 0 Å². The van der Waals surface area contributed by atoms with Gasteiger partial charge >= 0.3 is 0 Å². The van der Waals surface area contributed by atoms with Gasteiger partial charge in [-0.25, -0.2) is 0 Å². The fraction of sp³-hybridized carbons (Fsp3) is 0.444. The molecule has 1 aromatic rings. The zero-order valence-electron chi connectivity index (χ0n) is 6.69. The van der Waals surface area contributed by atoms with Gasteiger partial charge in [-0.15, -0.1) is 0 Å². The molecule has 2 rings (SSSR count). The molecule has 2 atom stereocenters. The van der Waals surface area contributed by atoms with E-state index in [9.17, 15) is 4.79 Å². The minimum Gasteiger partial charge on any atom is -0.315 e. The molecular formula is C9H11NOS. The van der Waals surface area contributed by atoms with E-state index >= 15 is 0 Å². The van der Waals surface area contributed by atoms with Gasteiger partial charge in [0.1, 0.15) is 6.29 Å². The quantitative estimate of drug-likeness (QED) is 0.696. The summed E-state index contributed by atoms with van der Waals surface area (Å²) in [6, 6.07) is 2.11. The van der Waals surface area contributed by atoms with E-state index in [0.29, 0.717) is 5.92 Å². The van der Waals surface area contributed by atoms with Crippen molar-refractivity contribution >= 4 is 17.6 Å². The molecule has 0 spiro atoms. The number of carbonyl (C=O) groups is 1. The molecule has 64 valence electrons. The summed E-state index contributed by atoms with van der Waals surface area (Å²) < 4.78 is 0. The maximum absolute atomic E-state index is 10.7. The van der Waals surface area contributed by atoms with Gasteiger partial charge in [-0.2, -0.15) is 11.3 Å². The Kier molecular flexibility index (Phi) is 2.23. The Hall–Kier alpha value is -0.670. The summed E-state index contributed by atoms with van der Waals surface area (Å²) in [5.41, 5.74) is 1.31. The van der Waals surface area contributed by atoms with Crippen molar-refractivity contribution in [3.8, 4) is 0 Å². The van der Waals surface area contributed by atoms with Crippen molar-refractivity contribution in [3.63, 3.8) is 0 Å². The molecule has 0 aliphatic carbocycles. The number of rotatable bonds is 2. The smallest absolute Gasteiger partial charge is 0.125 e. The van der Waals surface area contributed by atoms with Crippen molar-refractivity contribution in [2.75, 3.05) is 13.1 Å². The van der Waals surface area contributed by atoms with Crippen LogP contribution in [0.3, 0.4) is 0 Å². The van der Waals surface area contributed by atoms with E-state index in [0.717, 1.165) is 19.4 Å². The topological polar surface area (TPSA) is 29.1 Å². The predicted molar refractivity (Wildman–Crippen MR) is 49.5 cm³/mol. The lowest BCUT2D eigenvalue weighted by atomic mass is 9.92. The SMILES string of the molecule is O=CC1CNCC1c1ccsc1. The van der Waals surface area contributed by atoms with Gasteiger partial charge in [0.15, 0.2) is 0 Å². The van der Waals surface area contributed by atoms with Crippen molar-refractivity contribution in [1.82, 2.24) is 5.32 Å². The lowest BCUT2D eigenvalue weighted by Gasteiger charge is -2.10. The van der Waals surface area contributed by atoms with Crippen LogP contribution in [-0.4, -0.2) is 19.4 Å². The van der Waals surface area contributed by atoms with Gasteiger partial charge in [-0.1, -0.05) is 0 Å². The number of nitrogens with one attached hydrogen (secondary N) is 1. The first-order chi connectivity index (χ1) is 5.92. The highest BCUT2D eigenvalue weighted by Crippen LogP contribution is 2.27. The molecule has 0 bridgehead atoms. The molecule has 1 aliphatic heterocycles. The van der Waals surface area contributed by atoms with E-state index < -0.39 is 0 Å². The Labute approximate surface area is 75.6 Å². The zero-order valence-corrected chi connectivity index (χ0v) is 7.51. The summed E-state index contributed by atoms with van der Waals surface area (Å²) in [7, 11) is 0. The first-order valence-corrected chi connectivity index (χ1v) is 5.04. The molecule has 1 aliphatic rings. The summed E-state index contributed by atoms with van der Waals surface area (Å²) >= 11 is 1.70. The van der Waals surface area contributed by atoms with Crippen LogP contribution in [-0.2, 0) is 4.79 Å². The van der Waals surface area contributed by atoms with Crippen molar-refractivity contribution in [2.24, 2.45) is 5.92 Å². The average molecular weight is 181 g/mol. The number of hydrogen-bond acceptors (Lipinski definition) is 3. The van der Waals surface area contributed by atoms with Gasteiger partial charge in [0.2, 0.25) is 0 Å². The Bertz CT molecular complexity index is 258. The molecule has 1 fully saturated rings. The second-order valence-corrected chi connectivity index (χ2v) is 3.90. The van der Waals surface area contributed by atoms with E-state index in [1.807, 2.05) is 0 Å². The van der Waals surface area contributed by atoms with Crippen LogP contribution < -0.4 is 5.32 Å². The van der Waals surface area contributed by atoms with Crippen LogP contribution in [0.4, 0.5) is 0 Å². The third kappa shape index (κ3) is 1.30. The van der Waals surface area contributed by atoms with E-state index in [1.165, 1.54) is 5.56 Å². The largest absolute Gasteiger partial charge is 0.315 e. The second kappa shape index (κ2) is 3.37. The zero-order chi connectivity index (χ0) is 8.39. The molecule has 2 heterocycles. The summed E-state index contributed by atoms with van der Waals surface area (Å²) in [5, 5.41) is 7.43. The van der Waals surface area contributed by atoms with Crippen LogP contribution in [0.25, 0.3) is 0 Å². The van der Waals surface area contributed by atoms with E-state index in [2.05, 4.69) is 22.1 Å². The number of carbonyl (C=O) groups excluding carboxylic acids is 1. The maximum atomic E-state index is 10.7. The summed E-state index contributed by atoms with van der Waals surface area (Å²) in [6.07, 6.45) is 1.07. The third-order valence-corrected chi connectivity index (χ3v) is 3.11. The molecule has 3 heteroatoms. The predicted octanol–water partition coefficient (Wildman–Crippen LogP) is 1.25. The molecule has 0 aromatic carbocycles. The molecule has 1 saturated heterocycles. The van der Waals surface area contributed by atoms with E-state index in [4.69, 9.17) is 0 Å². The maximum Gasteiger partial charge on any atom is 0.125 e. The Balaban J connectivity index is 2.18. The van der Waals surface area contributed by atoms with E-state index in [1.54, 1.807) is 11.3 Å².